The first-order valence-corrected chi connectivity index (χ1v) is 11.1. The number of rotatable bonds is 5. The highest BCUT2D eigenvalue weighted by molar-refractivity contribution is 7.90. The topological polar surface area (TPSA) is 64.4 Å². The Balaban J connectivity index is 1.68. The van der Waals surface area contributed by atoms with Crippen molar-refractivity contribution < 1.29 is 13.2 Å². The van der Waals surface area contributed by atoms with Crippen LogP contribution in [0.2, 0.25) is 0 Å². The summed E-state index contributed by atoms with van der Waals surface area (Å²) in [5, 5.41) is 0. The number of sulfone groups is 1. The summed E-state index contributed by atoms with van der Waals surface area (Å²) < 4.78 is 30.9. The highest BCUT2D eigenvalue weighted by atomic mass is 32.2. The summed E-state index contributed by atoms with van der Waals surface area (Å²) in [6.07, 6.45) is 4.92. The van der Waals surface area contributed by atoms with Crippen LogP contribution in [0.4, 0.5) is 0 Å². The smallest absolute Gasteiger partial charge is 0.175 e. The van der Waals surface area contributed by atoms with E-state index in [2.05, 4.69) is 32.7 Å². The molecule has 1 fully saturated rings. The zero-order valence-corrected chi connectivity index (χ0v) is 16.6. The number of hydrogen-bond donors (Lipinski definition) is 0. The Kier molecular flexibility index (Phi) is 5.30. The molecule has 6 nitrogen and oxygen atoms in total. The van der Waals surface area contributed by atoms with Crippen LogP contribution < -0.4 is 0 Å². The van der Waals surface area contributed by atoms with Gasteiger partial charge in [-0.25, -0.2) is 13.4 Å². The van der Waals surface area contributed by atoms with Crippen LogP contribution in [-0.2, 0) is 21.1 Å². The molecule has 1 saturated heterocycles. The van der Waals surface area contributed by atoms with Crippen LogP contribution in [0.1, 0.15) is 5.56 Å². The van der Waals surface area contributed by atoms with E-state index in [1.54, 1.807) is 30.5 Å². The van der Waals surface area contributed by atoms with Gasteiger partial charge in [0.1, 0.15) is 5.82 Å². The van der Waals surface area contributed by atoms with Crippen LogP contribution in [0, 0.1) is 0 Å². The second-order valence-electron chi connectivity index (χ2n) is 6.93. The first kappa shape index (κ1) is 18.9. The van der Waals surface area contributed by atoms with Gasteiger partial charge < -0.3 is 4.74 Å². The third-order valence-corrected chi connectivity index (χ3v) is 6.06. The van der Waals surface area contributed by atoms with E-state index < -0.39 is 9.84 Å². The lowest BCUT2D eigenvalue weighted by Gasteiger charge is -2.27. The molecule has 0 spiro atoms. The van der Waals surface area contributed by atoms with Gasteiger partial charge >= 0.3 is 0 Å². The van der Waals surface area contributed by atoms with Crippen LogP contribution in [-0.4, -0.2) is 55.4 Å². The quantitative estimate of drug-likeness (QED) is 0.662. The molecule has 2 heterocycles. The SMILES string of the molecule is CS(=O)(=O)c1ccc(-c2nccn2-c2ccccc2CN2CCOCC2)cc1. The molecule has 0 radical (unpaired) electrons. The fraction of sp³-hybridized carbons (Fsp3) is 0.286. The number of nitrogens with zero attached hydrogens (tertiary/aromatic N) is 3. The van der Waals surface area contributed by atoms with Gasteiger partial charge in [0.2, 0.25) is 0 Å². The molecule has 1 aliphatic heterocycles. The second-order valence-corrected chi connectivity index (χ2v) is 8.95. The fourth-order valence-corrected chi connectivity index (χ4v) is 4.07. The Labute approximate surface area is 165 Å². The van der Waals surface area contributed by atoms with Crippen molar-refractivity contribution in [2.75, 3.05) is 32.6 Å². The average molecular weight is 398 g/mol. The number of ether oxygens (including phenoxy) is 1. The first-order valence-electron chi connectivity index (χ1n) is 9.24. The fourth-order valence-electron chi connectivity index (χ4n) is 3.44. The summed E-state index contributed by atoms with van der Waals surface area (Å²) >= 11 is 0. The highest BCUT2D eigenvalue weighted by Gasteiger charge is 2.16. The van der Waals surface area contributed by atoms with Crippen molar-refractivity contribution in [3.8, 4) is 17.1 Å². The largest absolute Gasteiger partial charge is 0.379 e. The Morgan fingerprint density at radius 2 is 1.75 bits per heavy atom. The number of imidazole rings is 1. The molecule has 0 unspecified atom stereocenters. The van der Waals surface area contributed by atoms with E-state index in [-0.39, 0.29) is 0 Å². The van der Waals surface area contributed by atoms with Crippen molar-refractivity contribution in [1.82, 2.24) is 14.5 Å². The Hall–Kier alpha value is -2.48. The lowest BCUT2D eigenvalue weighted by atomic mass is 10.1. The molecule has 0 saturated carbocycles. The molecule has 3 aromatic rings. The Morgan fingerprint density at radius 1 is 1.04 bits per heavy atom. The molecule has 0 aliphatic carbocycles. The molecule has 0 atom stereocenters. The summed E-state index contributed by atoms with van der Waals surface area (Å²) in [4.78, 5) is 7.22. The van der Waals surface area contributed by atoms with Gasteiger partial charge in [0.25, 0.3) is 0 Å². The maximum Gasteiger partial charge on any atom is 0.175 e. The van der Waals surface area contributed by atoms with Gasteiger partial charge in [-0.15, -0.1) is 0 Å². The maximum absolute atomic E-state index is 11.7. The van der Waals surface area contributed by atoms with Crippen LogP contribution in [0.5, 0.6) is 0 Å². The Bertz CT molecular complexity index is 1050. The first-order chi connectivity index (χ1) is 13.5. The average Bonchev–Trinajstić information content (AvgIpc) is 3.18. The van der Waals surface area contributed by atoms with Gasteiger partial charge in [-0.05, 0) is 35.9 Å². The minimum Gasteiger partial charge on any atom is -0.379 e. The van der Waals surface area contributed by atoms with E-state index in [1.807, 2.05) is 12.3 Å². The molecular weight excluding hydrogens is 374 g/mol. The third-order valence-electron chi connectivity index (χ3n) is 4.93. The molecular formula is C21H23N3O3S. The van der Waals surface area contributed by atoms with Crippen LogP contribution in [0.3, 0.4) is 0 Å². The predicted octanol–water partition coefficient (Wildman–Crippen LogP) is 2.78. The van der Waals surface area contributed by atoms with Crippen molar-refractivity contribution >= 4 is 9.84 Å². The van der Waals surface area contributed by atoms with E-state index in [0.29, 0.717) is 4.90 Å². The lowest BCUT2D eigenvalue weighted by Crippen LogP contribution is -2.35. The summed E-state index contributed by atoms with van der Waals surface area (Å²) in [5.41, 5.74) is 3.17. The van der Waals surface area contributed by atoms with Crippen LogP contribution >= 0.6 is 0 Å². The van der Waals surface area contributed by atoms with E-state index in [1.165, 1.54) is 11.8 Å². The molecule has 0 amide bonds. The van der Waals surface area contributed by atoms with Gasteiger partial charge in [-0.1, -0.05) is 18.2 Å². The minimum absolute atomic E-state index is 0.307. The van der Waals surface area contributed by atoms with Gasteiger partial charge in [-0.3, -0.25) is 9.47 Å². The molecule has 7 heteroatoms. The van der Waals surface area contributed by atoms with Crippen LogP contribution in [0.15, 0.2) is 65.8 Å². The lowest BCUT2D eigenvalue weighted by molar-refractivity contribution is 0.0342. The zero-order valence-electron chi connectivity index (χ0n) is 15.8. The standard InChI is InChI=1S/C21H23N3O3S/c1-28(25,26)19-8-6-17(7-9-19)21-22-10-11-24(21)20-5-3-2-4-18(20)16-23-12-14-27-15-13-23/h2-11H,12-16H2,1H3. The molecule has 28 heavy (non-hydrogen) atoms. The molecule has 0 N–H and O–H groups in total. The van der Waals surface area contributed by atoms with E-state index in [0.717, 1.165) is 49.9 Å². The molecule has 1 aliphatic rings. The molecule has 2 aromatic carbocycles. The summed E-state index contributed by atoms with van der Waals surface area (Å²) in [7, 11) is -3.22. The van der Waals surface area contributed by atoms with E-state index in [4.69, 9.17) is 4.74 Å². The van der Waals surface area contributed by atoms with E-state index in [9.17, 15) is 8.42 Å². The molecule has 0 bridgehead atoms. The Morgan fingerprint density at radius 3 is 2.46 bits per heavy atom. The normalized spacial score (nSPS) is 15.6. The molecule has 146 valence electrons. The van der Waals surface area contributed by atoms with Gasteiger partial charge in [0.15, 0.2) is 9.84 Å². The van der Waals surface area contributed by atoms with Crippen molar-refractivity contribution in [3.63, 3.8) is 0 Å². The number of aromatic nitrogens is 2. The molecule has 1 aromatic heterocycles. The van der Waals surface area contributed by atoms with Crippen molar-refractivity contribution in [1.29, 1.82) is 0 Å². The minimum atomic E-state index is -3.22. The highest BCUT2D eigenvalue weighted by Crippen LogP contribution is 2.25. The summed E-state index contributed by atoms with van der Waals surface area (Å²) in [6, 6.07) is 15.2. The molecule has 4 rings (SSSR count). The number of para-hydroxylation sites is 1. The number of hydrogen-bond acceptors (Lipinski definition) is 5. The van der Waals surface area contributed by atoms with Crippen LogP contribution in [0.25, 0.3) is 17.1 Å². The van der Waals surface area contributed by atoms with Crippen molar-refractivity contribution in [2.45, 2.75) is 11.4 Å². The maximum atomic E-state index is 11.7. The number of benzene rings is 2. The van der Waals surface area contributed by atoms with Gasteiger partial charge in [-0.2, -0.15) is 0 Å². The van der Waals surface area contributed by atoms with Crippen molar-refractivity contribution in [2.24, 2.45) is 0 Å². The van der Waals surface area contributed by atoms with Gasteiger partial charge in [0, 0.05) is 43.8 Å². The summed E-state index contributed by atoms with van der Waals surface area (Å²) in [5.74, 6) is 0.787. The van der Waals surface area contributed by atoms with Crippen molar-refractivity contribution in [3.05, 3.63) is 66.5 Å². The summed E-state index contributed by atoms with van der Waals surface area (Å²) in [6.45, 7) is 4.25. The third kappa shape index (κ3) is 4.01. The monoisotopic (exact) mass is 397 g/mol. The van der Waals surface area contributed by atoms with Gasteiger partial charge in [0.05, 0.1) is 23.8 Å². The zero-order chi connectivity index (χ0) is 19.6. The van der Waals surface area contributed by atoms with E-state index >= 15 is 0 Å². The second kappa shape index (κ2) is 7.87. The number of morpholine rings is 1. The predicted molar refractivity (Wildman–Crippen MR) is 108 cm³/mol.